The number of fused-ring (bicyclic) bond motifs is 5. The maximum absolute atomic E-state index is 14.5. The molecule has 0 saturated heterocycles. The number of nitrogens with two attached hydrogens (primary N) is 3. The van der Waals surface area contributed by atoms with Gasteiger partial charge in [-0.1, -0.05) is 51.1 Å². The number of aliphatic carboxylic acids is 1. The van der Waals surface area contributed by atoms with Crippen molar-refractivity contribution in [2.75, 3.05) is 39.1 Å². The standard InChI is InChI=1S/C46H59N9O11/c1-22-36(39(49)54-40(50-22)26-9-11-28(12-10-26)46(4,5)6)42(60)52-24(3)44(62)55(7)37-27-16-32(38(58)35(17-27)66-21-30(57)19-48)31-14-25(8-13-34(31)65-20-29(56)18-47)15-33(45(63)64)53-41(59)23(2)51-43(37)61/h8-14,16-17,23-24,29-30,33,37,56-58H,15,18-21,47-48H2,1-7H3,(H,51,61)(H,52,60)(H,53,59)(H,63,64)(H2,49,50,54)/t23-,24-,29-,30-,33-,37-/m0/s1. The van der Waals surface area contributed by atoms with E-state index in [9.17, 15) is 44.4 Å². The van der Waals surface area contributed by atoms with E-state index in [1.165, 1.54) is 51.2 Å². The van der Waals surface area contributed by atoms with Gasteiger partial charge in [-0.25, -0.2) is 14.8 Å². The lowest BCUT2D eigenvalue weighted by molar-refractivity contribution is -0.143. The van der Waals surface area contributed by atoms with Crippen molar-refractivity contribution in [1.82, 2.24) is 30.8 Å². The molecule has 6 atom stereocenters. The van der Waals surface area contributed by atoms with Gasteiger partial charge in [-0.3, -0.25) is 19.2 Å². The number of anilines is 1. The van der Waals surface area contributed by atoms with Crippen LogP contribution >= 0.6 is 0 Å². The molecule has 1 aromatic heterocycles. The van der Waals surface area contributed by atoms with Gasteiger partial charge in [0.2, 0.25) is 17.7 Å². The fourth-order valence-electron chi connectivity index (χ4n) is 7.18. The topological polar surface area (TPSA) is 328 Å². The molecule has 0 fully saturated rings. The highest BCUT2D eigenvalue weighted by atomic mass is 16.5. The number of hydrogen-bond acceptors (Lipinski definition) is 15. The van der Waals surface area contributed by atoms with E-state index in [0.717, 1.165) is 10.5 Å². The van der Waals surface area contributed by atoms with E-state index in [2.05, 4.69) is 46.7 Å². The molecule has 1 aliphatic heterocycles. The zero-order chi connectivity index (χ0) is 48.8. The van der Waals surface area contributed by atoms with Gasteiger partial charge >= 0.3 is 5.97 Å². The number of likely N-dealkylation sites (N-methyl/N-ethyl adjacent to an activating group) is 1. The van der Waals surface area contributed by atoms with E-state index >= 15 is 0 Å². The lowest BCUT2D eigenvalue weighted by Crippen LogP contribution is -2.54. The Morgan fingerprint density at radius 2 is 1.53 bits per heavy atom. The maximum Gasteiger partial charge on any atom is 0.326 e. The zero-order valence-corrected chi connectivity index (χ0v) is 37.9. The Kier molecular flexibility index (Phi) is 15.9. The largest absolute Gasteiger partial charge is 0.504 e. The summed E-state index contributed by atoms with van der Waals surface area (Å²) in [4.78, 5) is 78.6. The molecule has 354 valence electrons. The molecule has 66 heavy (non-hydrogen) atoms. The molecule has 1 aliphatic rings. The average molecular weight is 914 g/mol. The molecule has 0 aliphatic carbocycles. The van der Waals surface area contributed by atoms with Crippen molar-refractivity contribution in [1.29, 1.82) is 0 Å². The molecule has 4 bridgehead atoms. The number of aryl methyl sites for hydroxylation is 1. The highest BCUT2D eigenvalue weighted by molar-refractivity contribution is 6.02. The van der Waals surface area contributed by atoms with Gasteiger partial charge in [0.25, 0.3) is 5.91 Å². The molecule has 0 unspecified atom stereocenters. The summed E-state index contributed by atoms with van der Waals surface area (Å²) in [5, 5.41) is 50.1. The van der Waals surface area contributed by atoms with Crippen molar-refractivity contribution in [2.45, 2.75) is 89.8 Å². The molecule has 4 amide bonds. The SMILES string of the molecule is Cc1nc(-c2ccc(C(C)(C)C)cc2)nc(N)c1C(=O)N[C@@H](C)C(=O)N(C)[C@@H]1C(=O)N[C@@H](C)C(=O)N[C@H](C(=O)O)Cc2ccc(OC[C@@H](O)CN)c(c2)-c2cc1cc(OC[C@@H](O)CN)c2O. The molecule has 20 nitrogen and oxygen atoms in total. The summed E-state index contributed by atoms with van der Waals surface area (Å²) in [5.41, 5.74) is 19.9. The van der Waals surface area contributed by atoms with Crippen LogP contribution in [0.5, 0.6) is 17.2 Å². The second kappa shape index (κ2) is 21.0. The Morgan fingerprint density at radius 1 is 0.909 bits per heavy atom. The quantitative estimate of drug-likeness (QED) is 0.0845. The summed E-state index contributed by atoms with van der Waals surface area (Å²) in [6.45, 7) is 9.49. The van der Waals surface area contributed by atoms with Gasteiger partial charge in [-0.15, -0.1) is 0 Å². The van der Waals surface area contributed by atoms with Crippen LogP contribution in [0.3, 0.4) is 0 Å². The summed E-state index contributed by atoms with van der Waals surface area (Å²) in [6.07, 6.45) is -2.53. The summed E-state index contributed by atoms with van der Waals surface area (Å²) in [7, 11) is 1.28. The second-order valence-corrected chi connectivity index (χ2v) is 17.2. The van der Waals surface area contributed by atoms with Crippen LogP contribution in [0.15, 0.2) is 54.6 Å². The third-order valence-electron chi connectivity index (χ3n) is 11.0. The fourth-order valence-corrected chi connectivity index (χ4v) is 7.18. The van der Waals surface area contributed by atoms with Crippen LogP contribution in [0, 0.1) is 6.92 Å². The third-order valence-corrected chi connectivity index (χ3v) is 11.0. The van der Waals surface area contributed by atoms with Gasteiger partial charge in [-0.2, -0.15) is 0 Å². The zero-order valence-electron chi connectivity index (χ0n) is 37.9. The molecule has 20 heteroatoms. The number of phenolic OH excluding ortho intramolecular Hbond substituents is 1. The number of nitrogen functional groups attached to an aromatic ring is 1. The lowest BCUT2D eigenvalue weighted by atomic mass is 9.86. The molecule has 5 rings (SSSR count). The first-order valence-electron chi connectivity index (χ1n) is 21.2. The van der Waals surface area contributed by atoms with Crippen LogP contribution in [0.1, 0.15) is 73.4 Å². The van der Waals surface area contributed by atoms with Crippen molar-refractivity contribution in [3.63, 3.8) is 0 Å². The van der Waals surface area contributed by atoms with Crippen LogP contribution in [-0.2, 0) is 31.0 Å². The predicted molar refractivity (Wildman–Crippen MR) is 243 cm³/mol. The summed E-state index contributed by atoms with van der Waals surface area (Å²) >= 11 is 0. The Morgan fingerprint density at radius 3 is 2.11 bits per heavy atom. The number of carboxylic acids is 1. The van der Waals surface area contributed by atoms with Gasteiger partial charge in [-0.05, 0) is 67.1 Å². The van der Waals surface area contributed by atoms with Crippen LogP contribution in [0.25, 0.3) is 22.5 Å². The monoisotopic (exact) mass is 913 g/mol. The molecule has 13 N–H and O–H groups in total. The molecule has 0 radical (unpaired) electrons. The number of aliphatic hydroxyl groups excluding tert-OH is 2. The van der Waals surface area contributed by atoms with E-state index in [4.69, 9.17) is 26.7 Å². The van der Waals surface area contributed by atoms with Crippen LogP contribution in [0.4, 0.5) is 5.82 Å². The number of nitrogens with one attached hydrogen (secondary N) is 3. The number of aromatic hydroxyl groups is 1. The van der Waals surface area contributed by atoms with E-state index in [0.29, 0.717) is 17.0 Å². The first-order valence-corrected chi connectivity index (χ1v) is 21.2. The van der Waals surface area contributed by atoms with Crippen molar-refractivity contribution in [3.05, 3.63) is 82.5 Å². The predicted octanol–water partition coefficient (Wildman–Crippen LogP) is 1.05. The minimum atomic E-state index is -1.64. The molecule has 4 aromatic rings. The van der Waals surface area contributed by atoms with Crippen LogP contribution < -0.4 is 42.6 Å². The maximum atomic E-state index is 14.5. The first-order chi connectivity index (χ1) is 31.0. The Bertz CT molecular complexity index is 2440. The van der Waals surface area contributed by atoms with Gasteiger partial charge in [0.1, 0.15) is 66.7 Å². The number of hydrogen-bond donors (Lipinski definition) is 10. The summed E-state index contributed by atoms with van der Waals surface area (Å²) in [6, 6.07) is 8.97. The fraction of sp³-hybridized carbons (Fsp3) is 0.413. The molecule has 3 aromatic carbocycles. The van der Waals surface area contributed by atoms with Gasteiger partial charge in [0, 0.05) is 43.2 Å². The summed E-state index contributed by atoms with van der Waals surface area (Å²) in [5.74, 6) is -5.31. The van der Waals surface area contributed by atoms with Crippen molar-refractivity contribution in [2.24, 2.45) is 11.5 Å². The Hall–Kier alpha value is -6.87. The third kappa shape index (κ3) is 11.7. The van der Waals surface area contributed by atoms with Crippen molar-refractivity contribution in [3.8, 4) is 39.8 Å². The number of amides is 4. The lowest BCUT2D eigenvalue weighted by Gasteiger charge is -2.32. The van der Waals surface area contributed by atoms with E-state index in [-0.39, 0.29) is 76.8 Å². The van der Waals surface area contributed by atoms with E-state index in [1.54, 1.807) is 6.92 Å². The number of ether oxygens (including phenoxy) is 2. The van der Waals surface area contributed by atoms with Gasteiger partial charge in [0.15, 0.2) is 17.3 Å². The number of aromatic nitrogens is 2. The Balaban J connectivity index is 1.59. The number of carbonyl (C=O) groups is 5. The molecule has 0 spiro atoms. The number of benzene rings is 3. The molecule has 2 heterocycles. The first kappa shape index (κ1) is 50.1. The molecular weight excluding hydrogens is 855 g/mol. The average Bonchev–Trinajstić information content (AvgIpc) is 3.26. The Labute approximate surface area is 381 Å². The summed E-state index contributed by atoms with van der Waals surface area (Å²) < 4.78 is 11.8. The van der Waals surface area contributed by atoms with Gasteiger partial charge in [0.05, 0.1) is 5.69 Å². The minimum absolute atomic E-state index is 0.0120. The van der Waals surface area contributed by atoms with Crippen LogP contribution in [-0.4, -0.2) is 129 Å². The number of rotatable bonds is 14. The van der Waals surface area contributed by atoms with E-state index in [1.807, 2.05) is 24.3 Å². The highest BCUT2D eigenvalue weighted by Crippen LogP contribution is 2.45. The number of carbonyl (C=O) groups excluding carboxylic acids is 4. The number of aliphatic hydroxyl groups is 2. The number of nitrogens with zero attached hydrogens (tertiary/aromatic N) is 3. The van der Waals surface area contributed by atoms with Crippen molar-refractivity contribution >= 4 is 35.4 Å². The highest BCUT2D eigenvalue weighted by Gasteiger charge is 2.36. The molecular formula is C46H59N9O11. The van der Waals surface area contributed by atoms with E-state index < -0.39 is 78.3 Å². The normalized spacial score (nSPS) is 17.8. The van der Waals surface area contributed by atoms with Crippen LogP contribution in [0.2, 0.25) is 0 Å². The smallest absolute Gasteiger partial charge is 0.326 e. The minimum Gasteiger partial charge on any atom is -0.504 e. The number of carboxylic acid groups (broad SMARTS) is 1. The number of phenols is 1. The second-order valence-electron chi connectivity index (χ2n) is 17.2. The molecule has 0 saturated carbocycles. The van der Waals surface area contributed by atoms with Gasteiger partial charge < -0.3 is 68.0 Å². The van der Waals surface area contributed by atoms with Crippen molar-refractivity contribution < 1.29 is 53.9 Å².